The average Bonchev–Trinajstić information content (AvgIpc) is 3.29. The highest BCUT2D eigenvalue weighted by atomic mass is 79.9. The van der Waals surface area contributed by atoms with Gasteiger partial charge in [-0.1, -0.05) is 66.2 Å². The van der Waals surface area contributed by atoms with Gasteiger partial charge in [0.15, 0.2) is 0 Å². The molecule has 0 unspecified atom stereocenters. The van der Waals surface area contributed by atoms with Crippen molar-refractivity contribution in [1.82, 2.24) is 9.80 Å². The van der Waals surface area contributed by atoms with Gasteiger partial charge in [-0.3, -0.25) is 9.59 Å². The summed E-state index contributed by atoms with van der Waals surface area (Å²) >= 11 is 3.42. The number of rotatable bonds is 10. The number of hydrogen-bond donors (Lipinski definition) is 0. The molecule has 32 heavy (non-hydrogen) atoms. The number of furan rings is 1. The van der Waals surface area contributed by atoms with Crippen LogP contribution in [0.15, 0.2) is 81.9 Å². The highest BCUT2D eigenvalue weighted by Gasteiger charge is 2.24. The standard InChI is InChI=1S/C26H29BrN2O3/c1-20(2)17-29(26(31)22-10-6-11-23(27)16-22)19-25(30)28(18-24-12-7-15-32-24)14-13-21-8-4-3-5-9-21/h3-12,15-16,20H,13-14,17-19H2,1-2H3. The van der Waals surface area contributed by atoms with Gasteiger partial charge in [-0.2, -0.15) is 0 Å². The van der Waals surface area contributed by atoms with Crippen LogP contribution < -0.4 is 0 Å². The molecule has 0 aliphatic heterocycles. The third-order valence-electron chi connectivity index (χ3n) is 5.06. The van der Waals surface area contributed by atoms with E-state index in [0.29, 0.717) is 25.2 Å². The largest absolute Gasteiger partial charge is 0.467 e. The zero-order valence-electron chi connectivity index (χ0n) is 18.5. The summed E-state index contributed by atoms with van der Waals surface area (Å²) in [5.41, 5.74) is 1.73. The lowest BCUT2D eigenvalue weighted by atomic mass is 10.1. The molecule has 0 atom stereocenters. The van der Waals surface area contributed by atoms with Crippen molar-refractivity contribution in [2.75, 3.05) is 19.6 Å². The monoisotopic (exact) mass is 496 g/mol. The van der Waals surface area contributed by atoms with E-state index < -0.39 is 0 Å². The molecule has 2 amide bonds. The van der Waals surface area contributed by atoms with Crippen LogP contribution in [-0.4, -0.2) is 41.2 Å². The Bertz CT molecular complexity index is 1000. The summed E-state index contributed by atoms with van der Waals surface area (Å²) in [7, 11) is 0. The molecule has 3 rings (SSSR count). The van der Waals surface area contributed by atoms with Crippen LogP contribution >= 0.6 is 15.9 Å². The molecule has 168 valence electrons. The molecule has 5 nitrogen and oxygen atoms in total. The third-order valence-corrected chi connectivity index (χ3v) is 5.56. The molecular weight excluding hydrogens is 468 g/mol. The molecule has 3 aromatic rings. The van der Waals surface area contributed by atoms with Gasteiger partial charge in [0.2, 0.25) is 5.91 Å². The van der Waals surface area contributed by atoms with E-state index in [0.717, 1.165) is 22.2 Å². The van der Waals surface area contributed by atoms with E-state index in [9.17, 15) is 9.59 Å². The Balaban J connectivity index is 1.76. The molecule has 1 heterocycles. The fourth-order valence-electron chi connectivity index (χ4n) is 3.52. The lowest BCUT2D eigenvalue weighted by Gasteiger charge is -2.28. The maximum absolute atomic E-state index is 13.4. The minimum atomic E-state index is -0.144. The quantitative estimate of drug-likeness (QED) is 0.376. The zero-order valence-corrected chi connectivity index (χ0v) is 20.1. The van der Waals surface area contributed by atoms with Crippen LogP contribution in [0.5, 0.6) is 0 Å². The Morgan fingerprint density at radius 2 is 1.75 bits per heavy atom. The molecule has 0 aliphatic carbocycles. The summed E-state index contributed by atoms with van der Waals surface area (Å²) in [6, 6.07) is 21.0. The fraction of sp³-hybridized carbons (Fsp3) is 0.308. The van der Waals surface area contributed by atoms with Crippen LogP contribution in [0.25, 0.3) is 0 Å². The van der Waals surface area contributed by atoms with E-state index in [2.05, 4.69) is 28.1 Å². The minimum Gasteiger partial charge on any atom is -0.467 e. The first-order valence-corrected chi connectivity index (χ1v) is 11.6. The Labute approximate surface area is 198 Å². The van der Waals surface area contributed by atoms with Gasteiger partial charge < -0.3 is 14.2 Å². The molecule has 0 radical (unpaired) electrons. The normalized spacial score (nSPS) is 10.9. The van der Waals surface area contributed by atoms with Crippen molar-refractivity contribution < 1.29 is 14.0 Å². The molecule has 2 aromatic carbocycles. The second kappa shape index (κ2) is 11.7. The number of hydrogen-bond acceptors (Lipinski definition) is 3. The first-order chi connectivity index (χ1) is 15.4. The molecule has 0 spiro atoms. The molecule has 6 heteroatoms. The summed E-state index contributed by atoms with van der Waals surface area (Å²) < 4.78 is 6.32. The maximum atomic E-state index is 13.4. The van der Waals surface area contributed by atoms with E-state index in [1.807, 2.05) is 56.3 Å². The van der Waals surface area contributed by atoms with E-state index in [1.165, 1.54) is 0 Å². The van der Waals surface area contributed by atoms with Crippen LogP contribution in [0.3, 0.4) is 0 Å². The van der Waals surface area contributed by atoms with Crippen LogP contribution in [-0.2, 0) is 17.8 Å². The van der Waals surface area contributed by atoms with E-state index in [1.54, 1.807) is 28.2 Å². The van der Waals surface area contributed by atoms with Crippen LogP contribution in [0, 0.1) is 5.92 Å². The van der Waals surface area contributed by atoms with Crippen molar-refractivity contribution in [2.24, 2.45) is 5.92 Å². The molecule has 0 aliphatic rings. The van der Waals surface area contributed by atoms with Crippen LogP contribution in [0.4, 0.5) is 0 Å². The number of nitrogens with zero attached hydrogens (tertiary/aromatic N) is 2. The topological polar surface area (TPSA) is 53.8 Å². The fourth-order valence-corrected chi connectivity index (χ4v) is 3.92. The smallest absolute Gasteiger partial charge is 0.254 e. The Hall–Kier alpha value is -2.86. The van der Waals surface area contributed by atoms with E-state index in [4.69, 9.17) is 4.42 Å². The number of halogens is 1. The SMILES string of the molecule is CC(C)CN(CC(=O)N(CCc1ccccc1)Cc1ccco1)C(=O)c1cccc(Br)c1. The summed E-state index contributed by atoms with van der Waals surface area (Å²) in [6.07, 6.45) is 2.34. The predicted octanol–water partition coefficient (Wildman–Crippen LogP) is 5.41. The Kier molecular flexibility index (Phi) is 8.68. The Morgan fingerprint density at radius 3 is 2.41 bits per heavy atom. The van der Waals surface area contributed by atoms with Crippen molar-refractivity contribution >= 4 is 27.7 Å². The molecular formula is C26H29BrN2O3. The first-order valence-electron chi connectivity index (χ1n) is 10.8. The van der Waals surface area contributed by atoms with Crippen LogP contribution in [0.1, 0.15) is 35.5 Å². The van der Waals surface area contributed by atoms with Gasteiger partial charge in [0.1, 0.15) is 12.3 Å². The van der Waals surface area contributed by atoms with E-state index >= 15 is 0 Å². The average molecular weight is 497 g/mol. The van der Waals surface area contributed by atoms with Gasteiger partial charge in [0.05, 0.1) is 12.8 Å². The molecule has 0 saturated carbocycles. The Morgan fingerprint density at radius 1 is 0.969 bits per heavy atom. The van der Waals surface area contributed by atoms with Gasteiger partial charge >= 0.3 is 0 Å². The van der Waals surface area contributed by atoms with Crippen molar-refractivity contribution in [2.45, 2.75) is 26.8 Å². The number of carbonyl (C=O) groups excluding carboxylic acids is 2. The number of carbonyl (C=O) groups is 2. The predicted molar refractivity (Wildman–Crippen MR) is 129 cm³/mol. The van der Waals surface area contributed by atoms with Crippen molar-refractivity contribution in [1.29, 1.82) is 0 Å². The minimum absolute atomic E-state index is 0.0268. The van der Waals surface area contributed by atoms with Crippen molar-refractivity contribution in [3.63, 3.8) is 0 Å². The molecule has 0 fully saturated rings. The van der Waals surface area contributed by atoms with Gasteiger partial charge in [-0.15, -0.1) is 0 Å². The second-order valence-electron chi connectivity index (χ2n) is 8.22. The lowest BCUT2D eigenvalue weighted by Crippen LogP contribution is -2.44. The molecule has 0 saturated heterocycles. The van der Waals surface area contributed by atoms with E-state index in [-0.39, 0.29) is 24.3 Å². The lowest BCUT2D eigenvalue weighted by molar-refractivity contribution is -0.132. The summed E-state index contributed by atoms with van der Waals surface area (Å²) in [4.78, 5) is 30.0. The summed E-state index contributed by atoms with van der Waals surface area (Å²) in [5.74, 6) is 0.720. The van der Waals surface area contributed by atoms with Crippen molar-refractivity contribution in [3.8, 4) is 0 Å². The van der Waals surface area contributed by atoms with Gasteiger partial charge in [0, 0.05) is 23.1 Å². The highest BCUT2D eigenvalue weighted by Crippen LogP contribution is 2.16. The maximum Gasteiger partial charge on any atom is 0.254 e. The van der Waals surface area contributed by atoms with Gasteiger partial charge in [0.25, 0.3) is 5.91 Å². The van der Waals surface area contributed by atoms with Gasteiger partial charge in [-0.05, 0) is 48.2 Å². The second-order valence-corrected chi connectivity index (χ2v) is 9.14. The summed E-state index contributed by atoms with van der Waals surface area (Å²) in [6.45, 7) is 5.54. The number of amides is 2. The molecule has 0 bridgehead atoms. The van der Waals surface area contributed by atoms with Crippen molar-refractivity contribution in [3.05, 3.63) is 94.4 Å². The summed E-state index contributed by atoms with van der Waals surface area (Å²) in [5, 5.41) is 0. The zero-order chi connectivity index (χ0) is 22.9. The van der Waals surface area contributed by atoms with Crippen LogP contribution in [0.2, 0.25) is 0 Å². The third kappa shape index (κ3) is 7.09. The number of benzene rings is 2. The molecule has 0 N–H and O–H groups in total. The highest BCUT2D eigenvalue weighted by molar-refractivity contribution is 9.10. The first kappa shape index (κ1) is 23.8. The molecule has 1 aromatic heterocycles. The van der Waals surface area contributed by atoms with Gasteiger partial charge in [-0.25, -0.2) is 0 Å².